The van der Waals surface area contributed by atoms with Crippen LogP contribution in [-0.4, -0.2) is 26.3 Å². The zero-order valence-corrected chi connectivity index (χ0v) is 21.8. The van der Waals surface area contributed by atoms with Crippen molar-refractivity contribution in [1.82, 2.24) is 9.55 Å². The number of aromatic nitrogens is 2. The molecule has 0 fully saturated rings. The van der Waals surface area contributed by atoms with Gasteiger partial charge in [-0.05, 0) is 63.1 Å². The lowest BCUT2D eigenvalue weighted by Crippen LogP contribution is -2.32. The summed E-state index contributed by atoms with van der Waals surface area (Å²) in [5.74, 6) is -0.146. The Morgan fingerprint density at radius 3 is 2.71 bits per heavy atom. The summed E-state index contributed by atoms with van der Waals surface area (Å²) in [6.07, 6.45) is 0.662. The molecule has 1 amide bonds. The smallest absolute Gasteiger partial charge is 0.267 e. The predicted octanol–water partition coefficient (Wildman–Crippen LogP) is 5.73. The van der Waals surface area contributed by atoms with E-state index in [4.69, 9.17) is 9.72 Å². The summed E-state index contributed by atoms with van der Waals surface area (Å²) in [5.41, 5.74) is 3.12. The molecule has 180 valence electrons. The third-order valence-corrected chi connectivity index (χ3v) is 8.18. The largest absolute Gasteiger partial charge is 0.370 e. The molecule has 0 bridgehead atoms. The minimum absolute atomic E-state index is 0.103. The average molecular weight is 506 g/mol. The van der Waals surface area contributed by atoms with Crippen molar-refractivity contribution in [3.63, 3.8) is 0 Å². The predicted molar refractivity (Wildman–Crippen MR) is 143 cm³/mol. The van der Waals surface area contributed by atoms with Gasteiger partial charge in [-0.2, -0.15) is 0 Å². The number of carbonyl (C=O) groups is 1. The van der Waals surface area contributed by atoms with Crippen molar-refractivity contribution in [1.29, 1.82) is 0 Å². The minimum Gasteiger partial charge on any atom is -0.370 e. The topological polar surface area (TPSA) is 73.2 Å². The van der Waals surface area contributed by atoms with E-state index in [2.05, 4.69) is 5.32 Å². The van der Waals surface area contributed by atoms with Crippen molar-refractivity contribution >= 4 is 44.9 Å². The molecule has 1 aliphatic rings. The number of fused-ring (bicyclic) bond motifs is 3. The first-order valence-electron chi connectivity index (χ1n) is 11.5. The van der Waals surface area contributed by atoms with E-state index in [1.807, 2.05) is 82.3 Å². The van der Waals surface area contributed by atoms with Gasteiger partial charge in [0.15, 0.2) is 5.16 Å². The van der Waals surface area contributed by atoms with E-state index in [0.717, 1.165) is 27.4 Å². The molecule has 0 radical (unpaired) electrons. The second-order valence-electron chi connectivity index (χ2n) is 9.40. The van der Waals surface area contributed by atoms with Crippen molar-refractivity contribution in [2.24, 2.45) is 0 Å². The van der Waals surface area contributed by atoms with Crippen LogP contribution in [0.2, 0.25) is 0 Å². The molecule has 0 unspecified atom stereocenters. The average Bonchev–Trinajstić information content (AvgIpc) is 3.16. The lowest BCUT2D eigenvalue weighted by molar-refractivity contribution is -0.115. The van der Waals surface area contributed by atoms with Crippen molar-refractivity contribution in [3.8, 4) is 5.69 Å². The van der Waals surface area contributed by atoms with Gasteiger partial charge in [-0.25, -0.2) is 4.98 Å². The number of benzene rings is 2. The number of hydrogen-bond acceptors (Lipinski definition) is 6. The molecule has 6 nitrogen and oxygen atoms in total. The number of ether oxygens (including phenoxy) is 1. The normalized spacial score (nSPS) is 15.5. The molecule has 0 spiro atoms. The first-order chi connectivity index (χ1) is 16.7. The molecule has 1 atom stereocenters. The number of carbonyl (C=O) groups excluding carboxylic acids is 1. The zero-order valence-electron chi connectivity index (χ0n) is 20.1. The quantitative estimate of drug-likeness (QED) is 0.277. The maximum Gasteiger partial charge on any atom is 0.267 e. The molecule has 1 N–H and O–H groups in total. The Morgan fingerprint density at radius 1 is 1.20 bits per heavy atom. The second-order valence-corrected chi connectivity index (χ2v) is 11.8. The highest BCUT2D eigenvalue weighted by atomic mass is 32.2. The summed E-state index contributed by atoms with van der Waals surface area (Å²) < 4.78 is 7.64. The van der Waals surface area contributed by atoms with Crippen LogP contribution in [0.1, 0.15) is 36.8 Å². The molecular weight excluding hydrogens is 478 g/mol. The Morgan fingerprint density at radius 2 is 1.97 bits per heavy atom. The summed E-state index contributed by atoms with van der Waals surface area (Å²) in [4.78, 5) is 33.6. The van der Waals surface area contributed by atoms with E-state index in [0.29, 0.717) is 28.4 Å². The number of amides is 1. The zero-order chi connectivity index (χ0) is 24.7. The van der Waals surface area contributed by atoms with E-state index in [9.17, 15) is 9.59 Å². The van der Waals surface area contributed by atoms with Crippen LogP contribution in [0.5, 0.6) is 0 Å². The third-order valence-electron chi connectivity index (χ3n) is 6.03. The molecule has 2 aromatic heterocycles. The summed E-state index contributed by atoms with van der Waals surface area (Å²) >= 11 is 2.80. The Kier molecular flexibility index (Phi) is 6.29. The maximum absolute atomic E-state index is 14.0. The summed E-state index contributed by atoms with van der Waals surface area (Å²) in [5, 5.41) is 3.64. The highest BCUT2D eigenvalue weighted by molar-refractivity contribution is 8.00. The van der Waals surface area contributed by atoms with Gasteiger partial charge >= 0.3 is 0 Å². The SMILES string of the molecule is Cc1cccc(-n2c(S[C@@H](C)C(=O)Nc3ccccc3)nc3sc4c(c3c2=O)CC(C)(C)OC4)c1. The number of thioether (sulfide) groups is 1. The van der Waals surface area contributed by atoms with Gasteiger partial charge < -0.3 is 10.1 Å². The number of aryl methyl sites for hydroxylation is 1. The van der Waals surface area contributed by atoms with E-state index in [1.54, 1.807) is 4.57 Å². The maximum atomic E-state index is 14.0. The number of hydrogen-bond donors (Lipinski definition) is 1. The van der Waals surface area contributed by atoms with E-state index in [1.165, 1.54) is 23.1 Å². The van der Waals surface area contributed by atoms with Crippen LogP contribution in [-0.2, 0) is 22.6 Å². The van der Waals surface area contributed by atoms with Gasteiger partial charge in [-0.3, -0.25) is 14.2 Å². The fraction of sp³-hybridized carbons (Fsp3) is 0.296. The highest BCUT2D eigenvalue weighted by Gasteiger charge is 2.32. The summed E-state index contributed by atoms with van der Waals surface area (Å²) in [7, 11) is 0. The molecule has 0 aliphatic carbocycles. The molecule has 2 aromatic carbocycles. The van der Waals surface area contributed by atoms with Crippen LogP contribution >= 0.6 is 23.1 Å². The highest BCUT2D eigenvalue weighted by Crippen LogP contribution is 2.38. The molecule has 8 heteroatoms. The number of nitrogens with zero attached hydrogens (tertiary/aromatic N) is 2. The van der Waals surface area contributed by atoms with Crippen LogP contribution in [0.4, 0.5) is 5.69 Å². The van der Waals surface area contributed by atoms with Crippen LogP contribution < -0.4 is 10.9 Å². The van der Waals surface area contributed by atoms with E-state index in [-0.39, 0.29) is 17.1 Å². The second kappa shape index (κ2) is 9.26. The monoisotopic (exact) mass is 505 g/mol. The van der Waals surface area contributed by atoms with Crippen molar-refractivity contribution in [3.05, 3.63) is 81.0 Å². The number of anilines is 1. The van der Waals surface area contributed by atoms with Crippen molar-refractivity contribution in [2.75, 3.05) is 5.32 Å². The minimum atomic E-state index is -0.465. The van der Waals surface area contributed by atoms with Gasteiger partial charge in [0.2, 0.25) is 5.91 Å². The van der Waals surface area contributed by atoms with Crippen LogP contribution in [0.3, 0.4) is 0 Å². The van der Waals surface area contributed by atoms with Gasteiger partial charge in [0.1, 0.15) is 4.83 Å². The summed E-state index contributed by atoms with van der Waals surface area (Å²) in [6, 6.07) is 17.2. The molecular formula is C27H27N3O3S2. The van der Waals surface area contributed by atoms with Crippen LogP contribution in [0.15, 0.2) is 64.5 Å². The Bertz CT molecular complexity index is 1470. The molecule has 4 aromatic rings. The number of thiophene rings is 1. The van der Waals surface area contributed by atoms with Gasteiger partial charge in [-0.15, -0.1) is 11.3 Å². The Balaban J connectivity index is 1.60. The van der Waals surface area contributed by atoms with Gasteiger partial charge in [0.25, 0.3) is 5.56 Å². The summed E-state index contributed by atoms with van der Waals surface area (Å²) in [6.45, 7) is 8.39. The van der Waals surface area contributed by atoms with Crippen molar-refractivity contribution < 1.29 is 9.53 Å². The molecule has 0 saturated carbocycles. The molecule has 0 saturated heterocycles. The standard InChI is InChI=1S/C27H27N3O3S2/c1-16-9-8-12-19(13-16)30-25(32)22-20-14-27(3,4)33-15-21(20)35-24(22)29-26(30)34-17(2)23(31)28-18-10-6-5-7-11-18/h5-13,17H,14-15H2,1-4H3,(H,28,31)/t17-/m0/s1. The lowest BCUT2D eigenvalue weighted by atomic mass is 9.94. The van der Waals surface area contributed by atoms with Gasteiger partial charge in [0, 0.05) is 17.0 Å². The van der Waals surface area contributed by atoms with Gasteiger partial charge in [0.05, 0.1) is 28.5 Å². The molecule has 35 heavy (non-hydrogen) atoms. The number of rotatable bonds is 5. The molecule has 5 rings (SSSR count). The van der Waals surface area contributed by atoms with Crippen molar-refractivity contribution in [2.45, 2.75) is 56.7 Å². The Hall–Kier alpha value is -2.94. The van der Waals surface area contributed by atoms with Crippen LogP contribution in [0.25, 0.3) is 15.9 Å². The van der Waals surface area contributed by atoms with E-state index >= 15 is 0 Å². The third kappa shape index (κ3) is 4.78. The first-order valence-corrected chi connectivity index (χ1v) is 13.2. The molecule has 3 heterocycles. The fourth-order valence-corrected chi connectivity index (χ4v) is 6.30. The number of para-hydroxylation sites is 1. The number of nitrogens with one attached hydrogen (secondary N) is 1. The van der Waals surface area contributed by atoms with Gasteiger partial charge in [-0.1, -0.05) is 42.1 Å². The van der Waals surface area contributed by atoms with E-state index < -0.39 is 5.25 Å². The molecule has 1 aliphatic heterocycles. The lowest BCUT2D eigenvalue weighted by Gasteiger charge is -2.30. The first kappa shape index (κ1) is 23.8. The fourth-order valence-electron chi connectivity index (χ4n) is 4.22. The Labute approximate surface area is 212 Å². The van der Waals surface area contributed by atoms with Crippen LogP contribution in [0, 0.1) is 6.92 Å².